The number of primary amides is 1. The van der Waals surface area contributed by atoms with Crippen LogP contribution in [0.4, 0.5) is 0 Å². The summed E-state index contributed by atoms with van der Waals surface area (Å²) in [5, 5.41) is 3.82. The second-order valence-electron chi connectivity index (χ2n) is 5.64. The molecule has 1 aliphatic rings. The highest BCUT2D eigenvalue weighted by Gasteiger charge is 2.23. The molecule has 1 amide bonds. The molecule has 1 atom stereocenters. The summed E-state index contributed by atoms with van der Waals surface area (Å²) in [6, 6.07) is 4.92. The fraction of sp³-hybridized carbons (Fsp3) is 0.278. The van der Waals surface area contributed by atoms with Crippen LogP contribution in [0, 0.1) is 6.92 Å². The first-order valence-corrected chi connectivity index (χ1v) is 7.63. The summed E-state index contributed by atoms with van der Waals surface area (Å²) in [6.07, 6.45) is 7.04. The van der Waals surface area contributed by atoms with Gasteiger partial charge >= 0.3 is 0 Å². The van der Waals surface area contributed by atoms with Gasteiger partial charge in [-0.25, -0.2) is 0 Å². The van der Waals surface area contributed by atoms with Gasteiger partial charge in [0.05, 0.1) is 0 Å². The molecule has 3 nitrogen and oxygen atoms in total. The zero-order valence-electron chi connectivity index (χ0n) is 13.1. The van der Waals surface area contributed by atoms with Gasteiger partial charge in [0, 0.05) is 16.3 Å². The van der Waals surface area contributed by atoms with Crippen molar-refractivity contribution in [3.63, 3.8) is 0 Å². The number of rotatable bonds is 4. The van der Waals surface area contributed by atoms with E-state index in [1.807, 2.05) is 39.0 Å². The van der Waals surface area contributed by atoms with Crippen LogP contribution in [-0.4, -0.2) is 5.91 Å². The molecule has 0 bridgehead atoms. The van der Waals surface area contributed by atoms with Crippen LogP contribution in [-0.2, 0) is 4.79 Å². The SMILES string of the molecule is CC1=CC(NC(C(N)=O)c2c(C)cccc2Cl)=C(C)CC=C1. The van der Waals surface area contributed by atoms with E-state index in [-0.39, 0.29) is 0 Å². The van der Waals surface area contributed by atoms with Crippen LogP contribution >= 0.6 is 11.6 Å². The zero-order chi connectivity index (χ0) is 16.3. The molecule has 0 radical (unpaired) electrons. The maximum atomic E-state index is 12.0. The molecule has 22 heavy (non-hydrogen) atoms. The van der Waals surface area contributed by atoms with Crippen molar-refractivity contribution in [2.75, 3.05) is 0 Å². The van der Waals surface area contributed by atoms with E-state index in [1.165, 1.54) is 0 Å². The lowest BCUT2D eigenvalue weighted by Gasteiger charge is -2.22. The molecule has 0 heterocycles. The quantitative estimate of drug-likeness (QED) is 0.884. The number of nitrogens with two attached hydrogens (primary N) is 1. The molecule has 0 saturated heterocycles. The van der Waals surface area contributed by atoms with Gasteiger partial charge in [0.1, 0.15) is 6.04 Å². The van der Waals surface area contributed by atoms with Gasteiger partial charge in [-0.2, -0.15) is 0 Å². The highest BCUT2D eigenvalue weighted by molar-refractivity contribution is 6.31. The van der Waals surface area contributed by atoms with E-state index in [0.29, 0.717) is 5.02 Å². The van der Waals surface area contributed by atoms with Crippen molar-refractivity contribution in [2.24, 2.45) is 5.73 Å². The van der Waals surface area contributed by atoms with Crippen molar-refractivity contribution in [3.8, 4) is 0 Å². The highest BCUT2D eigenvalue weighted by Crippen LogP contribution is 2.28. The Morgan fingerprint density at radius 3 is 2.68 bits per heavy atom. The Morgan fingerprint density at radius 2 is 2.05 bits per heavy atom. The first kappa shape index (κ1) is 16.4. The van der Waals surface area contributed by atoms with Crippen molar-refractivity contribution in [1.82, 2.24) is 5.32 Å². The van der Waals surface area contributed by atoms with E-state index in [1.54, 1.807) is 6.07 Å². The maximum Gasteiger partial charge on any atom is 0.244 e. The molecule has 0 aromatic heterocycles. The predicted octanol–water partition coefficient (Wildman–Crippen LogP) is 3.94. The smallest absolute Gasteiger partial charge is 0.244 e. The number of halogens is 1. The van der Waals surface area contributed by atoms with Crippen molar-refractivity contribution in [2.45, 2.75) is 33.2 Å². The Labute approximate surface area is 136 Å². The average Bonchev–Trinajstić information content (AvgIpc) is 2.59. The van der Waals surface area contributed by atoms with Gasteiger partial charge in [-0.3, -0.25) is 4.79 Å². The van der Waals surface area contributed by atoms with E-state index in [2.05, 4.69) is 17.5 Å². The van der Waals surface area contributed by atoms with Crippen LogP contribution in [0.25, 0.3) is 0 Å². The zero-order valence-corrected chi connectivity index (χ0v) is 13.9. The first-order chi connectivity index (χ1) is 10.4. The number of allylic oxidation sites excluding steroid dienone is 5. The van der Waals surface area contributed by atoms with Gasteiger partial charge in [0.15, 0.2) is 0 Å². The average molecular weight is 317 g/mol. The lowest BCUT2D eigenvalue weighted by Crippen LogP contribution is -2.34. The third-order valence-electron chi connectivity index (χ3n) is 3.78. The van der Waals surface area contributed by atoms with Gasteiger partial charge < -0.3 is 11.1 Å². The third-order valence-corrected chi connectivity index (χ3v) is 4.11. The second kappa shape index (κ2) is 6.84. The molecule has 0 aliphatic heterocycles. The summed E-state index contributed by atoms with van der Waals surface area (Å²) < 4.78 is 0. The van der Waals surface area contributed by atoms with Crippen LogP contribution < -0.4 is 11.1 Å². The molecule has 0 fully saturated rings. The molecular weight excluding hydrogens is 296 g/mol. The Balaban J connectivity index is 2.43. The number of carbonyl (C=O) groups is 1. The van der Waals surface area contributed by atoms with Crippen molar-refractivity contribution >= 4 is 17.5 Å². The van der Waals surface area contributed by atoms with E-state index < -0.39 is 11.9 Å². The summed E-state index contributed by atoms with van der Waals surface area (Å²) in [6.45, 7) is 5.99. The van der Waals surface area contributed by atoms with E-state index in [9.17, 15) is 4.79 Å². The molecule has 1 aromatic carbocycles. The molecule has 4 heteroatoms. The summed E-state index contributed by atoms with van der Waals surface area (Å²) >= 11 is 6.29. The summed E-state index contributed by atoms with van der Waals surface area (Å²) in [7, 11) is 0. The van der Waals surface area contributed by atoms with Gasteiger partial charge in [0.2, 0.25) is 5.91 Å². The molecule has 0 saturated carbocycles. The van der Waals surface area contributed by atoms with Crippen molar-refractivity contribution in [3.05, 3.63) is 69.4 Å². The lowest BCUT2D eigenvalue weighted by atomic mass is 9.99. The maximum absolute atomic E-state index is 12.0. The standard InChI is InChI=1S/C18H21ClN2O/c1-11-6-4-7-12(2)15(10-11)21-17(18(20)22)16-13(3)8-5-9-14(16)19/h4-6,8-10,17,21H,7H2,1-3H3,(H2,20,22). The number of benzene rings is 1. The van der Waals surface area contributed by atoms with Crippen LogP contribution in [0.5, 0.6) is 0 Å². The normalized spacial score (nSPS) is 16.1. The van der Waals surface area contributed by atoms with Gasteiger partial charge in [0.25, 0.3) is 0 Å². The summed E-state index contributed by atoms with van der Waals surface area (Å²) in [5.41, 5.74) is 10.5. The molecule has 2 rings (SSSR count). The molecular formula is C18H21ClN2O. The Bertz CT molecular complexity index is 666. The second-order valence-corrected chi connectivity index (χ2v) is 6.05. The van der Waals surface area contributed by atoms with Gasteiger partial charge in [-0.1, -0.05) is 35.9 Å². The highest BCUT2D eigenvalue weighted by atomic mass is 35.5. The summed E-state index contributed by atoms with van der Waals surface area (Å²) in [4.78, 5) is 12.0. The number of aryl methyl sites for hydroxylation is 1. The van der Waals surface area contributed by atoms with Gasteiger partial charge in [-0.15, -0.1) is 0 Å². The minimum Gasteiger partial charge on any atom is -0.370 e. The number of carbonyl (C=O) groups excluding carboxylic acids is 1. The fourth-order valence-electron chi connectivity index (χ4n) is 2.55. The number of hydrogen-bond donors (Lipinski definition) is 2. The van der Waals surface area contributed by atoms with Crippen LogP contribution in [0.1, 0.15) is 37.4 Å². The van der Waals surface area contributed by atoms with Crippen LogP contribution in [0.15, 0.2) is 53.3 Å². The minimum atomic E-state index is -0.652. The Hall–Kier alpha value is -2.00. The predicted molar refractivity (Wildman–Crippen MR) is 91.5 cm³/mol. The topological polar surface area (TPSA) is 55.1 Å². The molecule has 1 aliphatic carbocycles. The third kappa shape index (κ3) is 3.60. The molecule has 1 unspecified atom stereocenters. The minimum absolute atomic E-state index is 0.445. The van der Waals surface area contributed by atoms with Crippen molar-refractivity contribution < 1.29 is 4.79 Å². The summed E-state index contributed by atoms with van der Waals surface area (Å²) in [5.74, 6) is -0.445. The molecule has 1 aromatic rings. The number of hydrogen-bond acceptors (Lipinski definition) is 2. The van der Waals surface area contributed by atoms with E-state index >= 15 is 0 Å². The monoisotopic (exact) mass is 316 g/mol. The molecule has 116 valence electrons. The number of nitrogens with one attached hydrogen (secondary N) is 1. The van der Waals surface area contributed by atoms with Gasteiger partial charge in [-0.05, 0) is 56.0 Å². The number of amides is 1. The van der Waals surface area contributed by atoms with E-state index in [4.69, 9.17) is 17.3 Å². The Morgan fingerprint density at radius 1 is 1.32 bits per heavy atom. The fourth-order valence-corrected chi connectivity index (χ4v) is 2.88. The van der Waals surface area contributed by atoms with Crippen LogP contribution in [0.3, 0.4) is 0 Å². The Kier molecular flexibility index (Phi) is 5.09. The van der Waals surface area contributed by atoms with Crippen molar-refractivity contribution in [1.29, 1.82) is 0 Å². The molecule has 0 spiro atoms. The first-order valence-electron chi connectivity index (χ1n) is 7.25. The largest absolute Gasteiger partial charge is 0.370 e. The van der Waals surface area contributed by atoms with E-state index in [0.717, 1.165) is 34.4 Å². The molecule has 3 N–H and O–H groups in total. The van der Waals surface area contributed by atoms with Crippen LogP contribution in [0.2, 0.25) is 5.02 Å². The lowest BCUT2D eigenvalue weighted by molar-refractivity contribution is -0.120.